The highest BCUT2D eigenvalue weighted by atomic mass is 19.4. The summed E-state index contributed by atoms with van der Waals surface area (Å²) in [5.74, 6) is -8.97. The van der Waals surface area contributed by atoms with E-state index in [1.165, 1.54) is 29.0 Å². The number of piperazine rings is 1. The number of alkyl halides is 3. The van der Waals surface area contributed by atoms with Gasteiger partial charge in [-0.2, -0.15) is 13.2 Å². The Labute approximate surface area is 286 Å². The molecule has 1 fully saturated rings. The molecule has 2 atom stereocenters. The predicted octanol–water partition coefficient (Wildman–Crippen LogP) is 3.25. The molecule has 1 saturated heterocycles. The summed E-state index contributed by atoms with van der Waals surface area (Å²) in [6.07, 6.45) is -7.32. The lowest BCUT2D eigenvalue weighted by molar-refractivity contribution is -0.192. The fourth-order valence-corrected chi connectivity index (χ4v) is 4.89. The molecule has 1 aliphatic rings. The SMILES string of the molecule is COC(=O)N1CCN(C(=O)C(CCNC(=O)c2cc(OC(C(=O)O)c3ccccc3)c3cc(F)cc(C)c3n2)C(=O)O)CC1.O=C(O)C(F)(F)F. The number of amides is 3. The first-order valence-corrected chi connectivity index (χ1v) is 14.9. The molecule has 1 aromatic heterocycles. The van der Waals surface area contributed by atoms with E-state index < -0.39 is 59.8 Å². The van der Waals surface area contributed by atoms with Gasteiger partial charge in [0, 0.05) is 49.7 Å². The Bertz CT molecular complexity index is 1780. The number of benzene rings is 2. The molecule has 15 nitrogen and oxygen atoms in total. The van der Waals surface area contributed by atoms with Crippen LogP contribution in [0.2, 0.25) is 0 Å². The zero-order valence-corrected chi connectivity index (χ0v) is 27.0. The number of methoxy groups -OCH3 is 1. The first kappa shape index (κ1) is 39.4. The number of nitrogens with zero attached hydrogens (tertiary/aromatic N) is 3. The number of aromatic nitrogens is 1. The fourth-order valence-electron chi connectivity index (χ4n) is 4.89. The van der Waals surface area contributed by atoms with E-state index in [9.17, 15) is 51.7 Å². The van der Waals surface area contributed by atoms with Crippen LogP contribution in [0.15, 0.2) is 48.5 Å². The number of aryl methyl sites for hydroxylation is 1. The molecule has 2 aromatic carbocycles. The van der Waals surface area contributed by atoms with Crippen LogP contribution in [0.5, 0.6) is 5.75 Å². The third-order valence-electron chi connectivity index (χ3n) is 7.42. The van der Waals surface area contributed by atoms with Crippen molar-refractivity contribution in [1.82, 2.24) is 20.1 Å². The van der Waals surface area contributed by atoms with Gasteiger partial charge < -0.3 is 39.9 Å². The second-order valence-electron chi connectivity index (χ2n) is 10.9. The number of halogens is 4. The molecule has 0 saturated carbocycles. The summed E-state index contributed by atoms with van der Waals surface area (Å²) >= 11 is 0. The van der Waals surface area contributed by atoms with Gasteiger partial charge >= 0.3 is 30.2 Å². The minimum Gasteiger partial charge on any atom is -0.481 e. The second kappa shape index (κ2) is 17.1. The van der Waals surface area contributed by atoms with Gasteiger partial charge in [-0.1, -0.05) is 30.3 Å². The van der Waals surface area contributed by atoms with Crippen LogP contribution in [0.1, 0.15) is 34.1 Å². The topological polar surface area (TPSA) is 213 Å². The number of carbonyl (C=O) groups excluding carboxylic acids is 3. The lowest BCUT2D eigenvalue weighted by atomic mass is 10.0. The molecule has 4 N–H and O–H groups in total. The van der Waals surface area contributed by atoms with Crippen LogP contribution in [-0.4, -0.2) is 112 Å². The Kier molecular flexibility index (Phi) is 13.2. The summed E-state index contributed by atoms with van der Waals surface area (Å²) < 4.78 is 56.6. The Morgan fingerprint density at radius 1 is 0.922 bits per heavy atom. The number of ether oxygens (including phenoxy) is 2. The predicted molar refractivity (Wildman–Crippen MR) is 166 cm³/mol. The molecular formula is C32H32F4N4O11. The number of carboxylic acid groups (broad SMARTS) is 3. The van der Waals surface area contributed by atoms with Gasteiger partial charge in [0.2, 0.25) is 12.0 Å². The van der Waals surface area contributed by atoms with Crippen molar-refractivity contribution in [3.63, 3.8) is 0 Å². The van der Waals surface area contributed by atoms with Gasteiger partial charge in [0.15, 0.2) is 0 Å². The Morgan fingerprint density at radius 3 is 2.04 bits per heavy atom. The molecule has 274 valence electrons. The van der Waals surface area contributed by atoms with E-state index >= 15 is 0 Å². The first-order chi connectivity index (χ1) is 23.9. The van der Waals surface area contributed by atoms with E-state index in [1.54, 1.807) is 37.3 Å². The van der Waals surface area contributed by atoms with Crippen LogP contribution >= 0.6 is 0 Å². The van der Waals surface area contributed by atoms with Gasteiger partial charge in [-0.25, -0.2) is 23.8 Å². The van der Waals surface area contributed by atoms with Crippen LogP contribution in [0.3, 0.4) is 0 Å². The number of pyridine rings is 1. The number of rotatable bonds is 10. The maximum Gasteiger partial charge on any atom is 0.490 e. The van der Waals surface area contributed by atoms with Crippen LogP contribution in [-0.2, 0) is 23.9 Å². The van der Waals surface area contributed by atoms with Gasteiger partial charge in [0.25, 0.3) is 5.91 Å². The number of carboxylic acids is 3. The maximum absolute atomic E-state index is 14.4. The third kappa shape index (κ3) is 10.5. The highest BCUT2D eigenvalue weighted by Gasteiger charge is 2.38. The molecule has 0 spiro atoms. The minimum absolute atomic E-state index is 0.0938. The minimum atomic E-state index is -5.08. The van der Waals surface area contributed by atoms with E-state index in [4.69, 9.17) is 14.6 Å². The average molecular weight is 725 g/mol. The number of hydrogen-bond donors (Lipinski definition) is 4. The second-order valence-corrected chi connectivity index (χ2v) is 10.9. The van der Waals surface area contributed by atoms with Crippen molar-refractivity contribution in [2.75, 3.05) is 39.8 Å². The molecule has 1 aliphatic heterocycles. The molecule has 0 bridgehead atoms. The van der Waals surface area contributed by atoms with Crippen LogP contribution in [0.4, 0.5) is 22.4 Å². The molecule has 3 aromatic rings. The van der Waals surface area contributed by atoms with Crippen molar-refractivity contribution in [1.29, 1.82) is 0 Å². The monoisotopic (exact) mass is 724 g/mol. The van der Waals surface area contributed by atoms with E-state index in [0.29, 0.717) is 11.1 Å². The van der Waals surface area contributed by atoms with Crippen molar-refractivity contribution in [3.05, 3.63) is 71.2 Å². The van der Waals surface area contributed by atoms with Crippen LogP contribution in [0.25, 0.3) is 10.9 Å². The Morgan fingerprint density at radius 2 is 1.51 bits per heavy atom. The normalized spacial score (nSPS) is 14.0. The van der Waals surface area contributed by atoms with Gasteiger partial charge in [-0.05, 0) is 31.0 Å². The highest BCUT2D eigenvalue weighted by Crippen LogP contribution is 2.32. The number of nitrogens with one attached hydrogen (secondary N) is 1. The molecule has 0 radical (unpaired) electrons. The first-order valence-electron chi connectivity index (χ1n) is 14.9. The summed E-state index contributed by atoms with van der Waals surface area (Å²) in [6, 6.07) is 11.6. The number of aliphatic carboxylic acids is 3. The van der Waals surface area contributed by atoms with Crippen LogP contribution in [0, 0.1) is 18.7 Å². The van der Waals surface area contributed by atoms with Crippen molar-refractivity contribution < 1.29 is 71.1 Å². The molecule has 2 heterocycles. The van der Waals surface area contributed by atoms with E-state index in [1.807, 2.05) is 0 Å². The average Bonchev–Trinajstić information content (AvgIpc) is 3.08. The van der Waals surface area contributed by atoms with Gasteiger partial charge in [0.05, 0.1) is 12.6 Å². The van der Waals surface area contributed by atoms with E-state index in [2.05, 4.69) is 15.0 Å². The number of fused-ring (bicyclic) bond motifs is 1. The van der Waals surface area contributed by atoms with Crippen LogP contribution < -0.4 is 10.1 Å². The quantitative estimate of drug-likeness (QED) is 0.175. The van der Waals surface area contributed by atoms with E-state index in [-0.39, 0.29) is 61.5 Å². The summed E-state index contributed by atoms with van der Waals surface area (Å²) in [4.78, 5) is 77.8. The zero-order valence-electron chi connectivity index (χ0n) is 27.0. The van der Waals surface area contributed by atoms with Crippen molar-refractivity contribution in [2.24, 2.45) is 5.92 Å². The van der Waals surface area contributed by atoms with E-state index in [0.717, 1.165) is 6.07 Å². The summed E-state index contributed by atoms with van der Waals surface area (Å²) in [5.41, 5.74) is 0.711. The molecule has 3 amide bonds. The van der Waals surface area contributed by atoms with Gasteiger partial charge in [-0.3, -0.25) is 14.4 Å². The standard InChI is InChI=1S/C30H31FN4O9.C2HF3O2/c1-17-14-19(31)15-21-23(44-25(29(40)41)18-6-4-3-5-7-18)16-22(33-24(17)21)26(36)32-9-8-20(28(38)39)27(37)34-10-12-35(13-11-34)30(42)43-2;3-2(4,5)1(6)7/h3-7,14-16,20,25H,8-13H2,1-2H3,(H,32,36)(H,38,39)(H,40,41);(H,6,7). The van der Waals surface area contributed by atoms with Crippen molar-refractivity contribution in [3.8, 4) is 5.75 Å². The largest absolute Gasteiger partial charge is 0.490 e. The highest BCUT2D eigenvalue weighted by molar-refractivity contribution is 5.99. The number of hydrogen-bond acceptors (Lipinski definition) is 9. The van der Waals surface area contributed by atoms with Crippen molar-refractivity contribution in [2.45, 2.75) is 25.6 Å². The lowest BCUT2D eigenvalue weighted by Gasteiger charge is -2.35. The van der Waals surface area contributed by atoms with Gasteiger partial charge in [0.1, 0.15) is 23.2 Å². The Balaban J connectivity index is 0.000000908. The third-order valence-corrected chi connectivity index (χ3v) is 7.42. The lowest BCUT2D eigenvalue weighted by Crippen LogP contribution is -2.53. The molecule has 4 rings (SSSR count). The molecule has 51 heavy (non-hydrogen) atoms. The summed E-state index contributed by atoms with van der Waals surface area (Å²) in [5, 5.41) is 29.4. The zero-order chi connectivity index (χ0) is 38.0. The number of carbonyl (C=O) groups is 6. The summed E-state index contributed by atoms with van der Waals surface area (Å²) in [7, 11) is 1.24. The molecule has 2 unspecified atom stereocenters. The molecule has 19 heteroatoms. The fraction of sp³-hybridized carbons (Fsp3) is 0.344. The molecule has 0 aliphatic carbocycles. The van der Waals surface area contributed by atoms with Gasteiger partial charge in [-0.15, -0.1) is 0 Å². The molecular weight excluding hydrogens is 692 g/mol. The van der Waals surface area contributed by atoms with Crippen molar-refractivity contribution >= 4 is 46.7 Å². The Hall–Kier alpha value is -6.01. The summed E-state index contributed by atoms with van der Waals surface area (Å²) in [6.45, 7) is 2.02. The smallest absolute Gasteiger partial charge is 0.481 e. The maximum atomic E-state index is 14.4.